The third-order valence-corrected chi connectivity index (χ3v) is 2.34. The van der Waals surface area contributed by atoms with Crippen molar-refractivity contribution < 1.29 is 19.4 Å². The van der Waals surface area contributed by atoms with Crippen LogP contribution in [-0.2, 0) is 4.79 Å². The molecule has 18 heavy (non-hydrogen) atoms. The van der Waals surface area contributed by atoms with Crippen molar-refractivity contribution in [1.29, 1.82) is 0 Å². The first-order valence-electron chi connectivity index (χ1n) is 5.92. The first-order valence-corrected chi connectivity index (χ1v) is 5.92. The van der Waals surface area contributed by atoms with Crippen LogP contribution in [0.15, 0.2) is 18.2 Å². The third kappa shape index (κ3) is 4.25. The molecule has 2 N–H and O–H groups in total. The average molecular weight is 252 g/mol. The largest absolute Gasteiger partial charge is 0.550 e. The van der Waals surface area contributed by atoms with E-state index in [4.69, 9.17) is 15.2 Å². The number of hydrogen-bond acceptors (Lipinski definition) is 5. The van der Waals surface area contributed by atoms with E-state index < -0.39 is 12.0 Å². The van der Waals surface area contributed by atoms with Gasteiger partial charge in [0.25, 0.3) is 0 Å². The molecule has 0 heterocycles. The highest BCUT2D eigenvalue weighted by Gasteiger charge is 2.10. The zero-order chi connectivity index (χ0) is 13.5. The smallest absolute Gasteiger partial charge is 0.123 e. The maximum absolute atomic E-state index is 10.6. The van der Waals surface area contributed by atoms with E-state index in [2.05, 4.69) is 0 Å². The van der Waals surface area contributed by atoms with Crippen LogP contribution < -0.4 is 20.3 Å². The van der Waals surface area contributed by atoms with Gasteiger partial charge in [-0.05, 0) is 31.5 Å². The van der Waals surface area contributed by atoms with E-state index in [1.807, 2.05) is 13.8 Å². The number of carbonyl (C=O) groups is 1. The molecular weight excluding hydrogens is 234 g/mol. The van der Waals surface area contributed by atoms with Crippen LogP contribution in [0.4, 0.5) is 0 Å². The second-order valence-electron chi connectivity index (χ2n) is 3.79. The molecule has 0 spiro atoms. The number of aliphatic carboxylic acids is 1. The highest BCUT2D eigenvalue weighted by atomic mass is 16.5. The average Bonchev–Trinajstić information content (AvgIpc) is 2.28. The van der Waals surface area contributed by atoms with Crippen LogP contribution in [0.3, 0.4) is 0 Å². The van der Waals surface area contributed by atoms with E-state index in [0.717, 1.165) is 0 Å². The van der Waals surface area contributed by atoms with Gasteiger partial charge in [-0.25, -0.2) is 0 Å². The number of carboxylic acids is 1. The van der Waals surface area contributed by atoms with Crippen molar-refractivity contribution in [2.45, 2.75) is 26.3 Å². The molecule has 0 aliphatic rings. The Hall–Kier alpha value is -1.75. The Morgan fingerprint density at radius 3 is 2.11 bits per heavy atom. The molecule has 0 amide bonds. The summed E-state index contributed by atoms with van der Waals surface area (Å²) >= 11 is 0. The van der Waals surface area contributed by atoms with Crippen molar-refractivity contribution in [3.05, 3.63) is 23.8 Å². The second-order valence-corrected chi connectivity index (χ2v) is 3.79. The Labute approximate surface area is 107 Å². The monoisotopic (exact) mass is 252 g/mol. The first-order chi connectivity index (χ1) is 8.56. The van der Waals surface area contributed by atoms with Crippen LogP contribution in [0.1, 0.15) is 31.9 Å². The number of carboxylic acid groups (broad SMARTS) is 1. The summed E-state index contributed by atoms with van der Waals surface area (Å²) in [6.45, 7) is 4.78. The van der Waals surface area contributed by atoms with Crippen LogP contribution in [-0.4, -0.2) is 19.2 Å². The quantitative estimate of drug-likeness (QED) is 0.769. The molecule has 1 aromatic rings. The predicted molar refractivity (Wildman–Crippen MR) is 65.3 cm³/mol. The Bertz CT molecular complexity index is 382. The Morgan fingerprint density at radius 2 is 1.72 bits per heavy atom. The molecule has 0 radical (unpaired) electrons. The first kappa shape index (κ1) is 14.3. The lowest BCUT2D eigenvalue weighted by Crippen LogP contribution is -2.27. The molecule has 0 fully saturated rings. The highest BCUT2D eigenvalue weighted by Crippen LogP contribution is 2.27. The van der Waals surface area contributed by atoms with Gasteiger partial charge in [-0.2, -0.15) is 0 Å². The number of hydrogen-bond donors (Lipinski definition) is 1. The van der Waals surface area contributed by atoms with Gasteiger partial charge in [-0.1, -0.05) is 0 Å². The lowest BCUT2D eigenvalue weighted by molar-refractivity contribution is -0.306. The van der Waals surface area contributed by atoms with E-state index in [0.29, 0.717) is 30.3 Å². The van der Waals surface area contributed by atoms with Crippen LogP contribution in [0, 0.1) is 0 Å². The summed E-state index contributed by atoms with van der Waals surface area (Å²) in [4.78, 5) is 10.6. The minimum atomic E-state index is -1.18. The van der Waals surface area contributed by atoms with E-state index in [-0.39, 0.29) is 6.42 Å². The maximum Gasteiger partial charge on any atom is 0.123 e. The summed E-state index contributed by atoms with van der Waals surface area (Å²) in [5.74, 6) is 0.0572. The molecule has 1 aromatic carbocycles. The molecule has 0 bridgehead atoms. The summed E-state index contributed by atoms with van der Waals surface area (Å²) in [5.41, 5.74) is 6.45. The molecule has 0 saturated carbocycles. The molecular formula is C13H18NO4-. The van der Waals surface area contributed by atoms with E-state index in [1.54, 1.807) is 18.2 Å². The molecule has 1 rings (SSSR count). The molecule has 0 aliphatic heterocycles. The van der Waals surface area contributed by atoms with Crippen LogP contribution in [0.2, 0.25) is 0 Å². The molecule has 1 unspecified atom stereocenters. The fourth-order valence-corrected chi connectivity index (χ4v) is 1.61. The number of rotatable bonds is 7. The van der Waals surface area contributed by atoms with Crippen molar-refractivity contribution in [2.24, 2.45) is 5.73 Å². The third-order valence-electron chi connectivity index (χ3n) is 2.34. The zero-order valence-electron chi connectivity index (χ0n) is 10.6. The second kappa shape index (κ2) is 6.86. The van der Waals surface area contributed by atoms with Gasteiger partial charge < -0.3 is 25.1 Å². The summed E-state index contributed by atoms with van der Waals surface area (Å²) in [6.07, 6.45) is -0.235. The molecule has 0 saturated heterocycles. The van der Waals surface area contributed by atoms with Crippen molar-refractivity contribution in [2.75, 3.05) is 13.2 Å². The zero-order valence-corrected chi connectivity index (χ0v) is 10.6. The van der Waals surface area contributed by atoms with Crippen molar-refractivity contribution in [1.82, 2.24) is 0 Å². The maximum atomic E-state index is 10.6. The van der Waals surface area contributed by atoms with Crippen molar-refractivity contribution in [3.63, 3.8) is 0 Å². The van der Waals surface area contributed by atoms with Crippen LogP contribution in [0.25, 0.3) is 0 Å². The summed E-state index contributed by atoms with van der Waals surface area (Å²) < 4.78 is 10.8. The van der Waals surface area contributed by atoms with Gasteiger partial charge in [0.05, 0.1) is 13.2 Å². The Kier molecular flexibility index (Phi) is 5.45. The van der Waals surface area contributed by atoms with Gasteiger partial charge in [-0.3, -0.25) is 0 Å². The minimum absolute atomic E-state index is 0.235. The lowest BCUT2D eigenvalue weighted by Gasteiger charge is -2.16. The van der Waals surface area contributed by atoms with Crippen molar-refractivity contribution in [3.8, 4) is 11.5 Å². The van der Waals surface area contributed by atoms with Gasteiger partial charge in [0.1, 0.15) is 11.5 Å². The summed E-state index contributed by atoms with van der Waals surface area (Å²) in [6, 6.07) is 4.57. The molecule has 5 nitrogen and oxygen atoms in total. The van der Waals surface area contributed by atoms with Crippen LogP contribution >= 0.6 is 0 Å². The Morgan fingerprint density at radius 1 is 1.22 bits per heavy atom. The van der Waals surface area contributed by atoms with E-state index in [1.165, 1.54) is 0 Å². The lowest BCUT2D eigenvalue weighted by atomic mass is 10.0. The number of benzene rings is 1. The normalized spacial score (nSPS) is 11.9. The molecule has 5 heteroatoms. The number of carbonyl (C=O) groups excluding carboxylic acids is 1. The fourth-order valence-electron chi connectivity index (χ4n) is 1.61. The van der Waals surface area contributed by atoms with Crippen molar-refractivity contribution >= 4 is 5.97 Å². The van der Waals surface area contributed by atoms with Crippen LogP contribution in [0.5, 0.6) is 11.5 Å². The molecule has 1 atom stereocenters. The van der Waals surface area contributed by atoms with Gasteiger partial charge >= 0.3 is 0 Å². The number of ether oxygens (including phenoxy) is 2. The van der Waals surface area contributed by atoms with Gasteiger partial charge in [0.15, 0.2) is 0 Å². The topological polar surface area (TPSA) is 84.6 Å². The molecule has 0 aliphatic carbocycles. The number of nitrogens with two attached hydrogens (primary N) is 1. The fraction of sp³-hybridized carbons (Fsp3) is 0.462. The van der Waals surface area contributed by atoms with E-state index in [9.17, 15) is 9.90 Å². The summed E-state index contributed by atoms with van der Waals surface area (Å²) in [5, 5.41) is 10.6. The Balaban J connectivity index is 2.97. The van der Waals surface area contributed by atoms with Gasteiger partial charge in [0, 0.05) is 24.5 Å². The minimum Gasteiger partial charge on any atom is -0.550 e. The molecule has 100 valence electrons. The van der Waals surface area contributed by atoms with E-state index >= 15 is 0 Å². The standard InChI is InChI=1S/C13H19NO4/c1-3-17-10-5-9(12(14)8-13(15)16)6-11(7-10)18-4-2/h5-7,12H,3-4,8,14H2,1-2H3,(H,15,16)/p-1. The molecule has 0 aromatic heterocycles. The van der Waals surface area contributed by atoms with Gasteiger partial charge in [-0.15, -0.1) is 0 Å². The summed E-state index contributed by atoms with van der Waals surface area (Å²) in [7, 11) is 0. The predicted octanol–water partition coefficient (Wildman–Crippen LogP) is 0.624. The van der Waals surface area contributed by atoms with Gasteiger partial charge in [0.2, 0.25) is 0 Å². The highest BCUT2D eigenvalue weighted by molar-refractivity contribution is 5.65. The SMILES string of the molecule is CCOc1cc(OCC)cc(C(N)CC(=O)[O-])c1.